The van der Waals surface area contributed by atoms with Crippen molar-refractivity contribution < 1.29 is 18.4 Å². The Hall–Kier alpha value is -1.22. The number of nitrogens with zero attached hydrogens (tertiary/aromatic N) is 1. The quantitative estimate of drug-likeness (QED) is 0.630. The highest BCUT2D eigenvalue weighted by Crippen LogP contribution is 2.30. The molecule has 0 amide bonds. The summed E-state index contributed by atoms with van der Waals surface area (Å²) in [6.07, 6.45) is 2.69. The Morgan fingerprint density at radius 1 is 1.38 bits per heavy atom. The molecule has 0 heterocycles. The fraction of sp³-hybridized carbons (Fsp3) is 0.500. The Labute approximate surface area is 127 Å². The summed E-state index contributed by atoms with van der Waals surface area (Å²) < 4.78 is 26.6. The van der Waals surface area contributed by atoms with Gasteiger partial charge in [-0.1, -0.05) is 24.4 Å². The van der Waals surface area contributed by atoms with Gasteiger partial charge in [-0.15, -0.1) is 0 Å². The summed E-state index contributed by atoms with van der Waals surface area (Å²) in [6.45, 7) is -0.158. The lowest BCUT2D eigenvalue weighted by Gasteiger charge is -2.22. The van der Waals surface area contributed by atoms with Gasteiger partial charge in [0.1, 0.15) is 0 Å². The van der Waals surface area contributed by atoms with Gasteiger partial charge < -0.3 is 5.11 Å². The van der Waals surface area contributed by atoms with Gasteiger partial charge in [-0.2, -0.15) is 0 Å². The molecular formula is C12H15ClN2O5S. The highest BCUT2D eigenvalue weighted by molar-refractivity contribution is 7.89. The second-order valence-electron chi connectivity index (χ2n) is 5.13. The number of hydrogen-bond acceptors (Lipinski definition) is 5. The Morgan fingerprint density at radius 2 is 2.00 bits per heavy atom. The summed E-state index contributed by atoms with van der Waals surface area (Å²) in [4.78, 5) is 9.69. The van der Waals surface area contributed by atoms with Crippen LogP contribution >= 0.6 is 11.6 Å². The fourth-order valence-electron chi connectivity index (χ4n) is 2.38. The summed E-state index contributed by atoms with van der Waals surface area (Å²) >= 11 is 5.65. The van der Waals surface area contributed by atoms with Crippen molar-refractivity contribution in [2.24, 2.45) is 0 Å². The van der Waals surface area contributed by atoms with Gasteiger partial charge >= 0.3 is 0 Å². The van der Waals surface area contributed by atoms with Crippen LogP contribution in [0.5, 0.6) is 0 Å². The van der Waals surface area contributed by atoms with Crippen LogP contribution in [-0.2, 0) is 10.0 Å². The molecule has 0 unspecified atom stereocenters. The first-order valence-electron chi connectivity index (χ1n) is 6.40. The van der Waals surface area contributed by atoms with E-state index in [0.29, 0.717) is 12.8 Å². The molecule has 0 saturated heterocycles. The number of rotatable bonds is 5. The zero-order valence-electron chi connectivity index (χ0n) is 11.1. The number of nitrogens with one attached hydrogen (secondary N) is 1. The van der Waals surface area contributed by atoms with Crippen LogP contribution in [0.2, 0.25) is 5.02 Å². The summed E-state index contributed by atoms with van der Waals surface area (Å²) in [5.74, 6) is 0. The van der Waals surface area contributed by atoms with Crippen molar-refractivity contribution in [1.82, 2.24) is 4.72 Å². The van der Waals surface area contributed by atoms with Gasteiger partial charge in [0.05, 0.1) is 10.5 Å². The van der Waals surface area contributed by atoms with E-state index in [1.54, 1.807) is 0 Å². The molecule has 1 fully saturated rings. The van der Waals surface area contributed by atoms with Gasteiger partial charge in [0.25, 0.3) is 5.69 Å². The number of nitro groups is 1. The van der Waals surface area contributed by atoms with Gasteiger partial charge in [-0.05, 0) is 25.0 Å². The Bertz CT molecular complexity index is 656. The predicted molar refractivity (Wildman–Crippen MR) is 76.7 cm³/mol. The molecule has 116 valence electrons. The standard InChI is InChI=1S/C12H15ClN2O5S/c13-9-3-4-11(10(7-9)15(17)18)21(19,20)14-8-12(16)5-1-2-6-12/h3-4,7,14,16H,1-2,5-6,8H2. The minimum Gasteiger partial charge on any atom is -0.389 e. The molecule has 2 rings (SSSR count). The van der Waals surface area contributed by atoms with E-state index in [9.17, 15) is 23.6 Å². The number of aliphatic hydroxyl groups is 1. The van der Waals surface area contributed by atoms with Crippen LogP contribution in [0.15, 0.2) is 23.1 Å². The summed E-state index contributed by atoms with van der Waals surface area (Å²) in [7, 11) is -4.09. The first-order chi connectivity index (χ1) is 9.73. The summed E-state index contributed by atoms with van der Waals surface area (Å²) in [5.41, 5.74) is -1.66. The Morgan fingerprint density at radius 3 is 2.57 bits per heavy atom. The fourth-order valence-corrected chi connectivity index (χ4v) is 3.81. The van der Waals surface area contributed by atoms with Crippen LogP contribution in [-0.4, -0.2) is 30.6 Å². The first-order valence-corrected chi connectivity index (χ1v) is 8.26. The van der Waals surface area contributed by atoms with Gasteiger partial charge in [0, 0.05) is 17.6 Å². The topological polar surface area (TPSA) is 110 Å². The molecule has 7 nitrogen and oxygen atoms in total. The molecule has 1 aliphatic rings. The van der Waals surface area contributed by atoms with E-state index >= 15 is 0 Å². The zero-order valence-corrected chi connectivity index (χ0v) is 12.7. The molecule has 1 aromatic rings. The maximum atomic E-state index is 12.2. The van der Waals surface area contributed by atoms with Crippen molar-refractivity contribution >= 4 is 27.3 Å². The highest BCUT2D eigenvalue weighted by atomic mass is 35.5. The molecule has 9 heteroatoms. The maximum absolute atomic E-state index is 12.2. The Kier molecular flexibility index (Phi) is 4.52. The molecule has 1 aromatic carbocycles. The van der Waals surface area contributed by atoms with E-state index in [0.717, 1.165) is 25.0 Å². The third kappa shape index (κ3) is 3.70. The van der Waals surface area contributed by atoms with Gasteiger partial charge in [0.2, 0.25) is 10.0 Å². The average Bonchev–Trinajstić information content (AvgIpc) is 2.84. The molecule has 0 atom stereocenters. The molecule has 21 heavy (non-hydrogen) atoms. The second kappa shape index (κ2) is 5.88. The number of halogens is 1. The lowest BCUT2D eigenvalue weighted by atomic mass is 10.0. The largest absolute Gasteiger partial charge is 0.389 e. The van der Waals surface area contributed by atoms with Crippen LogP contribution in [0, 0.1) is 10.1 Å². The van der Waals surface area contributed by atoms with Crippen LogP contribution in [0.3, 0.4) is 0 Å². The van der Waals surface area contributed by atoms with Crippen molar-refractivity contribution in [2.45, 2.75) is 36.2 Å². The van der Waals surface area contributed by atoms with Crippen LogP contribution in [0.4, 0.5) is 5.69 Å². The lowest BCUT2D eigenvalue weighted by molar-refractivity contribution is -0.387. The molecular weight excluding hydrogens is 320 g/mol. The zero-order chi connectivity index (χ0) is 15.7. The number of hydrogen-bond donors (Lipinski definition) is 2. The van der Waals surface area contributed by atoms with Crippen LogP contribution < -0.4 is 4.72 Å². The Balaban J connectivity index is 2.25. The number of benzene rings is 1. The van der Waals surface area contributed by atoms with Crippen molar-refractivity contribution in [1.29, 1.82) is 0 Å². The third-order valence-corrected chi connectivity index (χ3v) is 5.22. The van der Waals surface area contributed by atoms with E-state index in [-0.39, 0.29) is 11.6 Å². The van der Waals surface area contributed by atoms with E-state index in [1.807, 2.05) is 0 Å². The van der Waals surface area contributed by atoms with Crippen molar-refractivity contribution in [3.8, 4) is 0 Å². The molecule has 0 aliphatic heterocycles. The van der Waals surface area contributed by atoms with E-state index < -0.39 is 31.1 Å². The van der Waals surface area contributed by atoms with Crippen LogP contribution in [0.25, 0.3) is 0 Å². The third-order valence-electron chi connectivity index (χ3n) is 3.53. The normalized spacial score (nSPS) is 17.8. The molecule has 2 N–H and O–H groups in total. The van der Waals surface area contributed by atoms with Gasteiger partial charge in [-0.3, -0.25) is 10.1 Å². The molecule has 0 spiro atoms. The summed E-state index contributed by atoms with van der Waals surface area (Å²) in [6, 6.07) is 3.34. The molecule has 0 aromatic heterocycles. The molecule has 0 bridgehead atoms. The van der Waals surface area contributed by atoms with Gasteiger partial charge in [-0.25, -0.2) is 13.1 Å². The number of sulfonamides is 1. The van der Waals surface area contributed by atoms with E-state index in [1.165, 1.54) is 6.07 Å². The van der Waals surface area contributed by atoms with Crippen LogP contribution in [0.1, 0.15) is 25.7 Å². The highest BCUT2D eigenvalue weighted by Gasteiger charge is 2.34. The monoisotopic (exact) mass is 334 g/mol. The minimum atomic E-state index is -4.09. The summed E-state index contributed by atoms with van der Waals surface area (Å²) in [5, 5.41) is 21.2. The second-order valence-corrected chi connectivity index (χ2v) is 7.30. The van der Waals surface area contributed by atoms with Gasteiger partial charge in [0.15, 0.2) is 4.90 Å². The predicted octanol–water partition coefficient (Wildman–Crippen LogP) is 1.83. The lowest BCUT2D eigenvalue weighted by Crippen LogP contribution is -2.40. The molecule has 0 radical (unpaired) electrons. The smallest absolute Gasteiger partial charge is 0.290 e. The van der Waals surface area contributed by atoms with Crippen molar-refractivity contribution in [3.63, 3.8) is 0 Å². The first kappa shape index (κ1) is 16.2. The van der Waals surface area contributed by atoms with Crippen molar-refractivity contribution in [2.75, 3.05) is 6.54 Å². The number of nitro benzene ring substituents is 1. The van der Waals surface area contributed by atoms with E-state index in [4.69, 9.17) is 11.6 Å². The molecule has 1 saturated carbocycles. The minimum absolute atomic E-state index is 0.0788. The average molecular weight is 335 g/mol. The molecule has 1 aliphatic carbocycles. The van der Waals surface area contributed by atoms with E-state index in [2.05, 4.69) is 4.72 Å². The van der Waals surface area contributed by atoms with Crippen molar-refractivity contribution in [3.05, 3.63) is 33.3 Å². The maximum Gasteiger partial charge on any atom is 0.290 e. The SMILES string of the molecule is O=[N+]([O-])c1cc(Cl)ccc1S(=O)(=O)NCC1(O)CCCC1.